The van der Waals surface area contributed by atoms with E-state index in [9.17, 15) is 8.42 Å². The van der Waals surface area contributed by atoms with Gasteiger partial charge in [-0.25, -0.2) is 13.1 Å². The van der Waals surface area contributed by atoms with Gasteiger partial charge in [0.05, 0.1) is 0 Å². The van der Waals surface area contributed by atoms with Gasteiger partial charge in [0.2, 0.25) is 0 Å². The fourth-order valence-electron chi connectivity index (χ4n) is 2.09. The highest BCUT2D eigenvalue weighted by molar-refractivity contribution is 9.11. The highest BCUT2D eigenvalue weighted by Gasteiger charge is 2.19. The van der Waals surface area contributed by atoms with E-state index in [0.29, 0.717) is 26.0 Å². The Morgan fingerprint density at radius 3 is 2.62 bits per heavy atom. The number of hydrogen-bond donors (Lipinski definition) is 1. The van der Waals surface area contributed by atoms with Crippen LogP contribution in [0.2, 0.25) is 0 Å². The van der Waals surface area contributed by atoms with E-state index in [0.717, 1.165) is 0 Å². The lowest BCUT2D eigenvalue weighted by Gasteiger charge is -2.11. The summed E-state index contributed by atoms with van der Waals surface area (Å²) >= 11 is 6.55. The van der Waals surface area contributed by atoms with E-state index in [1.54, 1.807) is 43.4 Å². The second-order valence-corrected chi connectivity index (χ2v) is 8.31. The fraction of sp³-hybridized carbons (Fsp3) is 0.0714. The smallest absolute Gasteiger partial charge is 0.263 e. The lowest BCUT2D eigenvalue weighted by Crippen LogP contribution is -2.13. The van der Waals surface area contributed by atoms with Crippen LogP contribution in [0.1, 0.15) is 0 Å². The predicted molar refractivity (Wildman–Crippen MR) is 96.9 cm³/mol. The summed E-state index contributed by atoms with van der Waals surface area (Å²) in [6.45, 7) is 0. The van der Waals surface area contributed by atoms with Crippen molar-refractivity contribution in [1.82, 2.24) is 20.2 Å². The molecule has 0 amide bonds. The van der Waals surface area contributed by atoms with Gasteiger partial charge in [0, 0.05) is 27.2 Å². The lowest BCUT2D eigenvalue weighted by molar-refractivity contribution is 0.600. The molecule has 0 aliphatic heterocycles. The molecule has 0 spiro atoms. The van der Waals surface area contributed by atoms with E-state index < -0.39 is 10.0 Å². The molecule has 0 aliphatic carbocycles. The Labute approximate surface area is 155 Å². The number of hydrogen-bond acceptors (Lipinski definition) is 5. The second-order valence-electron chi connectivity index (χ2n) is 4.89. The number of aryl methyl sites for hydroxylation is 1. The topological polar surface area (TPSA) is 89.8 Å². The minimum absolute atomic E-state index is 0.141. The molecule has 0 atom stereocenters. The molecule has 0 bridgehead atoms. The molecule has 1 aromatic heterocycles. The van der Waals surface area contributed by atoms with Crippen LogP contribution >= 0.6 is 31.9 Å². The van der Waals surface area contributed by atoms with Crippen LogP contribution in [0.25, 0.3) is 11.4 Å². The molecule has 3 rings (SSSR count). The average Bonchev–Trinajstić information content (AvgIpc) is 2.95. The quantitative estimate of drug-likeness (QED) is 0.629. The largest absolute Gasteiger partial charge is 0.280 e. The molecule has 0 radical (unpaired) electrons. The standard InChI is InChI=1S/C14H11Br2N5O2S/c1-21-14(17-19-20-21)9-3-2-4-11(7-9)18-24(22,23)13-8-10(15)5-6-12(13)16/h2-8,18H,1H3. The maximum Gasteiger partial charge on any atom is 0.263 e. The number of tetrazole rings is 1. The average molecular weight is 473 g/mol. The van der Waals surface area contributed by atoms with Crippen molar-refractivity contribution in [3.63, 3.8) is 0 Å². The van der Waals surface area contributed by atoms with Gasteiger partial charge in [0.15, 0.2) is 5.82 Å². The molecular weight excluding hydrogens is 462 g/mol. The normalized spacial score (nSPS) is 11.5. The van der Waals surface area contributed by atoms with Crippen LogP contribution in [-0.4, -0.2) is 28.6 Å². The van der Waals surface area contributed by atoms with Crippen LogP contribution in [0.4, 0.5) is 5.69 Å². The zero-order valence-electron chi connectivity index (χ0n) is 12.3. The summed E-state index contributed by atoms with van der Waals surface area (Å²) in [5, 5.41) is 11.3. The van der Waals surface area contributed by atoms with Crippen LogP contribution in [0.5, 0.6) is 0 Å². The highest BCUT2D eigenvalue weighted by atomic mass is 79.9. The van der Waals surface area contributed by atoms with Crippen LogP contribution in [-0.2, 0) is 17.1 Å². The molecule has 0 unspecified atom stereocenters. The molecule has 24 heavy (non-hydrogen) atoms. The van der Waals surface area contributed by atoms with Crippen LogP contribution in [0.3, 0.4) is 0 Å². The molecule has 124 valence electrons. The zero-order valence-corrected chi connectivity index (χ0v) is 16.3. The first-order valence-electron chi connectivity index (χ1n) is 6.67. The summed E-state index contributed by atoms with van der Waals surface area (Å²) in [7, 11) is -2.03. The van der Waals surface area contributed by atoms with E-state index in [1.807, 2.05) is 0 Å². The Hall–Kier alpha value is -1.78. The molecule has 10 heteroatoms. The van der Waals surface area contributed by atoms with Crippen LogP contribution < -0.4 is 4.72 Å². The summed E-state index contributed by atoms with van der Waals surface area (Å²) in [5.74, 6) is 0.541. The third-order valence-corrected chi connectivity index (χ3v) is 6.04. The Morgan fingerprint density at radius 2 is 1.92 bits per heavy atom. The van der Waals surface area contributed by atoms with Crippen molar-refractivity contribution in [2.75, 3.05) is 4.72 Å². The van der Waals surface area contributed by atoms with Gasteiger partial charge in [0.25, 0.3) is 10.0 Å². The van der Waals surface area contributed by atoms with Crippen molar-refractivity contribution in [2.24, 2.45) is 7.05 Å². The molecule has 3 aromatic rings. The molecule has 2 aromatic carbocycles. The Morgan fingerprint density at radius 1 is 1.12 bits per heavy atom. The first kappa shape index (κ1) is 17.1. The van der Waals surface area contributed by atoms with Crippen molar-refractivity contribution >= 4 is 47.6 Å². The maximum absolute atomic E-state index is 12.6. The molecule has 7 nitrogen and oxygen atoms in total. The van der Waals surface area contributed by atoms with Crippen molar-refractivity contribution in [3.05, 3.63) is 51.4 Å². The predicted octanol–water partition coefficient (Wildman–Crippen LogP) is 3.20. The molecule has 0 saturated heterocycles. The van der Waals surface area contributed by atoms with Crippen molar-refractivity contribution < 1.29 is 8.42 Å². The maximum atomic E-state index is 12.6. The number of anilines is 1. The van der Waals surface area contributed by atoms with E-state index in [2.05, 4.69) is 52.1 Å². The van der Waals surface area contributed by atoms with Crippen molar-refractivity contribution in [1.29, 1.82) is 0 Å². The van der Waals surface area contributed by atoms with Crippen LogP contribution in [0.15, 0.2) is 56.3 Å². The van der Waals surface area contributed by atoms with E-state index in [1.165, 1.54) is 10.7 Å². The summed E-state index contributed by atoms with van der Waals surface area (Å²) in [4.78, 5) is 0.141. The fourth-order valence-corrected chi connectivity index (χ4v) is 4.64. The van der Waals surface area contributed by atoms with Gasteiger partial charge in [0.1, 0.15) is 4.90 Å². The number of nitrogens with zero attached hydrogens (tertiary/aromatic N) is 4. The number of benzene rings is 2. The zero-order chi connectivity index (χ0) is 17.3. The number of sulfonamides is 1. The van der Waals surface area contributed by atoms with E-state index in [-0.39, 0.29) is 4.90 Å². The van der Waals surface area contributed by atoms with Gasteiger partial charge in [-0.2, -0.15) is 0 Å². The molecule has 0 aliphatic rings. The van der Waals surface area contributed by atoms with Gasteiger partial charge in [-0.05, 0) is 56.7 Å². The third-order valence-electron chi connectivity index (χ3n) is 3.18. The monoisotopic (exact) mass is 471 g/mol. The van der Waals surface area contributed by atoms with Gasteiger partial charge in [-0.15, -0.1) is 5.10 Å². The first-order chi connectivity index (χ1) is 11.4. The van der Waals surface area contributed by atoms with Crippen molar-refractivity contribution in [2.45, 2.75) is 4.90 Å². The summed E-state index contributed by atoms with van der Waals surface area (Å²) in [6, 6.07) is 11.8. The van der Waals surface area contributed by atoms with E-state index >= 15 is 0 Å². The van der Waals surface area contributed by atoms with Gasteiger partial charge >= 0.3 is 0 Å². The van der Waals surface area contributed by atoms with Crippen LogP contribution in [0, 0.1) is 0 Å². The first-order valence-corrected chi connectivity index (χ1v) is 9.74. The van der Waals surface area contributed by atoms with Gasteiger partial charge < -0.3 is 0 Å². The Kier molecular flexibility index (Phi) is 4.70. The number of halogens is 2. The Balaban J connectivity index is 1.96. The van der Waals surface area contributed by atoms with E-state index in [4.69, 9.17) is 0 Å². The minimum atomic E-state index is -3.75. The number of aromatic nitrogens is 4. The number of nitrogens with one attached hydrogen (secondary N) is 1. The summed E-state index contributed by atoms with van der Waals surface area (Å²) < 4.78 is 30.5. The Bertz CT molecular complexity index is 1000. The molecule has 1 heterocycles. The molecule has 0 saturated carbocycles. The van der Waals surface area contributed by atoms with Gasteiger partial charge in [-0.1, -0.05) is 28.1 Å². The summed E-state index contributed by atoms with van der Waals surface area (Å²) in [5.41, 5.74) is 1.12. The second kappa shape index (κ2) is 6.61. The molecule has 0 fully saturated rings. The highest BCUT2D eigenvalue weighted by Crippen LogP contribution is 2.28. The van der Waals surface area contributed by atoms with Crippen molar-refractivity contribution in [3.8, 4) is 11.4 Å². The SMILES string of the molecule is Cn1nnnc1-c1cccc(NS(=O)(=O)c2cc(Br)ccc2Br)c1. The van der Waals surface area contributed by atoms with Gasteiger partial charge in [-0.3, -0.25) is 4.72 Å². The molecular formula is C14H11Br2N5O2S. The number of rotatable bonds is 4. The third kappa shape index (κ3) is 3.50. The summed E-state index contributed by atoms with van der Waals surface area (Å²) in [6.07, 6.45) is 0. The molecule has 1 N–H and O–H groups in total. The lowest BCUT2D eigenvalue weighted by atomic mass is 10.2. The minimum Gasteiger partial charge on any atom is -0.280 e.